The van der Waals surface area contributed by atoms with Gasteiger partial charge in [0.05, 0.1) is 37.3 Å². The Morgan fingerprint density at radius 2 is 1.90 bits per heavy atom. The second-order valence-corrected chi connectivity index (χ2v) is 7.60. The Morgan fingerprint density at radius 3 is 2.52 bits per heavy atom. The van der Waals surface area contributed by atoms with Crippen LogP contribution in [0.25, 0.3) is 6.08 Å². The number of rotatable bonds is 4. The van der Waals surface area contributed by atoms with Crippen molar-refractivity contribution >= 4 is 23.8 Å². The molecule has 0 radical (unpaired) electrons. The quantitative estimate of drug-likeness (QED) is 0.737. The summed E-state index contributed by atoms with van der Waals surface area (Å²) in [5, 5.41) is 0. The monoisotopic (exact) mass is 425 g/mol. The van der Waals surface area contributed by atoms with Crippen LogP contribution in [0.15, 0.2) is 54.4 Å². The minimum atomic E-state index is -0.448. The van der Waals surface area contributed by atoms with Gasteiger partial charge in [-0.2, -0.15) is 0 Å². The molecule has 1 aromatic carbocycles. The van der Waals surface area contributed by atoms with Gasteiger partial charge >= 0.3 is 6.09 Å². The average Bonchev–Trinajstić information content (AvgIpc) is 2.76. The third kappa shape index (κ3) is 5.35. The van der Waals surface area contributed by atoms with Crippen molar-refractivity contribution in [1.29, 1.82) is 0 Å². The number of hydrogen-bond donors (Lipinski definition) is 0. The summed E-state index contributed by atoms with van der Waals surface area (Å²) in [4.78, 5) is 30.0. The number of ether oxygens (including phenoxy) is 2. The van der Waals surface area contributed by atoms with E-state index in [-0.39, 0.29) is 18.6 Å². The van der Waals surface area contributed by atoms with Crippen LogP contribution in [-0.4, -0.2) is 67.3 Å². The summed E-state index contributed by atoms with van der Waals surface area (Å²) in [7, 11) is 0. The Bertz CT molecular complexity index is 869. The maximum absolute atomic E-state index is 12.3. The van der Waals surface area contributed by atoms with Crippen LogP contribution in [0.4, 0.5) is 10.5 Å². The van der Waals surface area contributed by atoms with E-state index in [9.17, 15) is 9.59 Å². The van der Waals surface area contributed by atoms with Crippen LogP contribution in [0, 0.1) is 0 Å². The van der Waals surface area contributed by atoms with Crippen LogP contribution >= 0.6 is 0 Å². The summed E-state index contributed by atoms with van der Waals surface area (Å²) in [6.07, 6.45) is 5.22. The number of piperazine rings is 1. The second kappa shape index (κ2) is 10.3. The fraction of sp³-hybridized carbons (Fsp3) is 0.417. The van der Waals surface area contributed by atoms with Crippen molar-refractivity contribution < 1.29 is 19.1 Å². The minimum Gasteiger partial charge on any atom is -0.449 e. The van der Waals surface area contributed by atoms with E-state index in [1.807, 2.05) is 25.2 Å². The van der Waals surface area contributed by atoms with Crippen molar-refractivity contribution in [2.24, 2.45) is 0 Å². The van der Waals surface area contributed by atoms with Crippen molar-refractivity contribution in [1.82, 2.24) is 9.80 Å². The van der Waals surface area contributed by atoms with Gasteiger partial charge in [-0.3, -0.25) is 9.69 Å². The lowest BCUT2D eigenvalue weighted by atomic mass is 10.1. The van der Waals surface area contributed by atoms with Gasteiger partial charge in [-0.25, -0.2) is 4.79 Å². The molecule has 0 spiro atoms. The molecule has 1 aromatic rings. The summed E-state index contributed by atoms with van der Waals surface area (Å²) < 4.78 is 10.6. The third-order valence-corrected chi connectivity index (χ3v) is 5.41. The first-order valence-electron chi connectivity index (χ1n) is 10.7. The topological polar surface area (TPSA) is 62.3 Å². The van der Waals surface area contributed by atoms with Crippen molar-refractivity contribution in [3.05, 3.63) is 60.0 Å². The predicted molar refractivity (Wildman–Crippen MR) is 121 cm³/mol. The van der Waals surface area contributed by atoms with Crippen LogP contribution in [-0.2, 0) is 14.3 Å². The molecule has 0 bridgehead atoms. The Morgan fingerprint density at radius 1 is 1.23 bits per heavy atom. The molecule has 2 heterocycles. The zero-order valence-corrected chi connectivity index (χ0v) is 18.5. The average molecular weight is 426 g/mol. The lowest BCUT2D eigenvalue weighted by Gasteiger charge is -2.41. The summed E-state index contributed by atoms with van der Waals surface area (Å²) in [6.45, 7) is 13.2. The molecule has 0 unspecified atom stereocenters. The van der Waals surface area contributed by atoms with Crippen LogP contribution in [0.5, 0.6) is 0 Å². The molecule has 31 heavy (non-hydrogen) atoms. The molecule has 0 saturated carbocycles. The maximum atomic E-state index is 12.3. The van der Waals surface area contributed by atoms with Crippen LogP contribution in [0.1, 0.15) is 26.3 Å². The molecule has 0 aromatic heterocycles. The fourth-order valence-corrected chi connectivity index (χ4v) is 3.88. The van der Waals surface area contributed by atoms with E-state index < -0.39 is 6.09 Å². The van der Waals surface area contributed by atoms with E-state index in [1.165, 1.54) is 17.5 Å². The largest absolute Gasteiger partial charge is 0.449 e. The minimum absolute atomic E-state index is 0.0910. The van der Waals surface area contributed by atoms with Crippen LogP contribution in [0.3, 0.4) is 0 Å². The van der Waals surface area contributed by atoms with E-state index in [1.54, 1.807) is 11.8 Å². The highest BCUT2D eigenvalue weighted by atomic mass is 16.6. The number of amides is 2. The Hall–Kier alpha value is -3.06. The molecule has 0 N–H and O–H groups in total. The summed E-state index contributed by atoms with van der Waals surface area (Å²) in [5.74, 6) is -0.0910. The van der Waals surface area contributed by atoms with Crippen molar-refractivity contribution in [2.75, 3.05) is 44.4 Å². The zero-order valence-electron chi connectivity index (χ0n) is 18.5. The van der Waals surface area contributed by atoms with E-state index in [0.29, 0.717) is 17.9 Å². The highest BCUT2D eigenvalue weighted by Gasteiger charge is 2.35. The number of anilines is 1. The van der Waals surface area contributed by atoms with Gasteiger partial charge in [0.2, 0.25) is 5.91 Å². The van der Waals surface area contributed by atoms with Crippen molar-refractivity contribution in [3.63, 3.8) is 0 Å². The number of allylic oxidation sites excluding steroid dienone is 2. The molecule has 7 heteroatoms. The maximum Gasteiger partial charge on any atom is 0.414 e. The van der Waals surface area contributed by atoms with Gasteiger partial charge in [0.25, 0.3) is 0 Å². The summed E-state index contributed by atoms with van der Waals surface area (Å²) in [6, 6.07) is 8.14. The molecule has 1 atom stereocenters. The Labute approximate surface area is 184 Å². The molecule has 0 aliphatic carbocycles. The molecule has 2 amide bonds. The lowest BCUT2D eigenvalue weighted by Crippen LogP contribution is -2.52. The van der Waals surface area contributed by atoms with Gasteiger partial charge in [-0.1, -0.05) is 30.9 Å². The van der Waals surface area contributed by atoms with E-state index in [4.69, 9.17) is 9.47 Å². The molecule has 2 aliphatic rings. The highest BCUT2D eigenvalue weighted by molar-refractivity contribution is 5.79. The Kier molecular flexibility index (Phi) is 7.52. The third-order valence-electron chi connectivity index (χ3n) is 5.41. The van der Waals surface area contributed by atoms with E-state index >= 15 is 0 Å². The first kappa shape index (κ1) is 22.6. The van der Waals surface area contributed by atoms with Crippen LogP contribution in [0.2, 0.25) is 0 Å². The predicted octanol–water partition coefficient (Wildman–Crippen LogP) is 3.64. The Balaban J connectivity index is 1.77. The van der Waals surface area contributed by atoms with Gasteiger partial charge in [0.1, 0.15) is 0 Å². The number of nitrogens with zero attached hydrogens (tertiary/aromatic N) is 3. The van der Waals surface area contributed by atoms with Crippen molar-refractivity contribution in [2.45, 2.75) is 26.8 Å². The van der Waals surface area contributed by atoms with Gasteiger partial charge < -0.3 is 19.3 Å². The van der Waals surface area contributed by atoms with Crippen molar-refractivity contribution in [3.8, 4) is 0 Å². The number of carbonyl (C=O) groups is 2. The molecule has 2 fully saturated rings. The SMILES string of the molecule is C=C1/C(=C\C=C\c2ccc(N3CCOCC3)cc2)N(C(C)=O)[C@@H](C)CN1C(=O)OCC. The van der Waals surface area contributed by atoms with Gasteiger partial charge in [0, 0.05) is 32.2 Å². The molecule has 3 rings (SSSR count). The zero-order chi connectivity index (χ0) is 22.4. The molecule has 166 valence electrons. The first-order valence-corrected chi connectivity index (χ1v) is 10.7. The van der Waals surface area contributed by atoms with Gasteiger partial charge in [-0.05, 0) is 37.6 Å². The normalized spacial score (nSPS) is 21.1. The summed E-state index contributed by atoms with van der Waals surface area (Å²) >= 11 is 0. The van der Waals surface area contributed by atoms with E-state index in [2.05, 4.69) is 35.7 Å². The van der Waals surface area contributed by atoms with Crippen LogP contribution < -0.4 is 4.90 Å². The number of carbonyl (C=O) groups excluding carboxylic acids is 2. The lowest BCUT2D eigenvalue weighted by molar-refractivity contribution is -0.129. The van der Waals surface area contributed by atoms with Gasteiger partial charge in [-0.15, -0.1) is 0 Å². The second-order valence-electron chi connectivity index (χ2n) is 7.60. The molecular formula is C24H31N3O4. The highest BCUT2D eigenvalue weighted by Crippen LogP contribution is 2.28. The fourth-order valence-electron chi connectivity index (χ4n) is 3.88. The molecule has 2 saturated heterocycles. The number of hydrogen-bond acceptors (Lipinski definition) is 5. The number of benzene rings is 1. The first-order chi connectivity index (χ1) is 14.9. The van der Waals surface area contributed by atoms with Gasteiger partial charge in [0.15, 0.2) is 0 Å². The molecular weight excluding hydrogens is 394 g/mol. The molecule has 7 nitrogen and oxygen atoms in total. The summed E-state index contributed by atoms with van der Waals surface area (Å²) in [5.41, 5.74) is 3.28. The standard InChI is InChI=1S/C24H31N3O4/c1-5-31-24(29)26-17-18(2)27(20(4)28)23(19(26)3)8-6-7-21-9-11-22(12-10-21)25-13-15-30-16-14-25/h6-12,18H,3,5,13-17H2,1-2,4H3/b7-6+,23-8+/t18-/m0/s1. The molecule has 2 aliphatic heterocycles. The number of morpholine rings is 1. The smallest absolute Gasteiger partial charge is 0.414 e. The van der Waals surface area contributed by atoms with E-state index in [0.717, 1.165) is 31.9 Å².